The highest BCUT2D eigenvalue weighted by molar-refractivity contribution is 5.22. The fraction of sp³-hybridized carbons (Fsp3) is 0.733. The number of allylic oxidation sites excluding steroid dienone is 2. The monoisotopic (exact) mass is 263 g/mol. The maximum atomic E-state index is 6.16. The predicted octanol–water partition coefficient (Wildman–Crippen LogP) is 1.03. The van der Waals surface area contributed by atoms with Gasteiger partial charge in [0, 0.05) is 31.7 Å². The van der Waals surface area contributed by atoms with Crippen molar-refractivity contribution in [2.24, 2.45) is 5.92 Å². The molecule has 0 aromatic rings. The van der Waals surface area contributed by atoms with Crippen molar-refractivity contribution < 1.29 is 4.74 Å². The smallest absolute Gasteiger partial charge is 0.0877 e. The molecule has 0 bridgehead atoms. The Morgan fingerprint density at radius 2 is 2.21 bits per heavy atom. The van der Waals surface area contributed by atoms with Crippen LogP contribution in [0.4, 0.5) is 0 Å². The number of rotatable bonds is 3. The second-order valence-electron chi connectivity index (χ2n) is 5.80. The molecule has 0 amide bonds. The van der Waals surface area contributed by atoms with Crippen LogP contribution in [0.2, 0.25) is 0 Å². The molecule has 106 valence electrons. The Balaban J connectivity index is 1.79. The largest absolute Gasteiger partial charge is 0.375 e. The van der Waals surface area contributed by atoms with Gasteiger partial charge in [-0.25, -0.2) is 10.4 Å². The van der Waals surface area contributed by atoms with Gasteiger partial charge in [0.05, 0.1) is 12.1 Å². The molecule has 4 heteroatoms. The Morgan fingerprint density at radius 1 is 1.37 bits per heavy atom. The van der Waals surface area contributed by atoms with Gasteiger partial charge >= 0.3 is 0 Å². The van der Waals surface area contributed by atoms with E-state index in [1.165, 1.54) is 0 Å². The van der Waals surface area contributed by atoms with Crippen LogP contribution in [0.1, 0.15) is 13.3 Å². The molecule has 3 rings (SSSR count). The van der Waals surface area contributed by atoms with Crippen LogP contribution in [0.15, 0.2) is 24.3 Å². The summed E-state index contributed by atoms with van der Waals surface area (Å²) in [6, 6.07) is 0.911. The zero-order valence-corrected chi connectivity index (χ0v) is 12.0. The number of likely N-dealkylation sites (N-methyl/N-ethyl adjacent to an activating group) is 1. The van der Waals surface area contributed by atoms with Crippen molar-refractivity contribution in [3.63, 3.8) is 0 Å². The topological polar surface area (TPSA) is 27.7 Å². The van der Waals surface area contributed by atoms with Gasteiger partial charge in [-0.2, -0.15) is 0 Å². The summed E-state index contributed by atoms with van der Waals surface area (Å²) in [5, 5.41) is 2.43. The third-order valence-corrected chi connectivity index (χ3v) is 4.53. The minimum Gasteiger partial charge on any atom is -0.375 e. The maximum Gasteiger partial charge on any atom is 0.0877 e. The molecule has 0 spiro atoms. The van der Waals surface area contributed by atoms with E-state index >= 15 is 0 Å². The first kappa shape index (κ1) is 13.3. The molecule has 4 atom stereocenters. The third-order valence-electron chi connectivity index (χ3n) is 4.53. The Bertz CT molecular complexity index is 368. The van der Waals surface area contributed by atoms with Crippen LogP contribution in [0.3, 0.4) is 0 Å². The van der Waals surface area contributed by atoms with Crippen LogP contribution in [0, 0.1) is 5.92 Å². The molecule has 2 heterocycles. The number of nitrogens with one attached hydrogen (secondary N) is 1. The molecular formula is C15H25N3O. The molecule has 0 radical (unpaired) electrons. The molecule has 0 aromatic heterocycles. The van der Waals surface area contributed by atoms with Crippen LogP contribution < -0.4 is 5.43 Å². The minimum absolute atomic E-state index is 0.297. The highest BCUT2D eigenvalue weighted by atomic mass is 16.5. The van der Waals surface area contributed by atoms with E-state index in [0.717, 1.165) is 32.7 Å². The maximum absolute atomic E-state index is 6.16. The average molecular weight is 263 g/mol. The Labute approximate surface area is 116 Å². The number of ether oxygens (including phenoxy) is 1. The van der Waals surface area contributed by atoms with Crippen molar-refractivity contribution in [3.05, 3.63) is 24.3 Å². The van der Waals surface area contributed by atoms with E-state index in [2.05, 4.69) is 53.6 Å². The summed E-state index contributed by atoms with van der Waals surface area (Å²) in [5.41, 5.74) is 3.65. The summed E-state index contributed by atoms with van der Waals surface area (Å²) >= 11 is 0. The van der Waals surface area contributed by atoms with Crippen molar-refractivity contribution in [2.75, 3.05) is 33.3 Å². The lowest BCUT2D eigenvalue weighted by molar-refractivity contribution is -0.00450. The zero-order chi connectivity index (χ0) is 13.2. The van der Waals surface area contributed by atoms with Crippen molar-refractivity contribution in [1.29, 1.82) is 0 Å². The molecule has 2 saturated heterocycles. The van der Waals surface area contributed by atoms with Crippen LogP contribution in [0.5, 0.6) is 0 Å². The lowest BCUT2D eigenvalue weighted by atomic mass is 9.87. The van der Waals surface area contributed by atoms with E-state index < -0.39 is 0 Å². The summed E-state index contributed by atoms with van der Waals surface area (Å²) in [7, 11) is 2.18. The van der Waals surface area contributed by atoms with E-state index in [0.29, 0.717) is 24.1 Å². The summed E-state index contributed by atoms with van der Waals surface area (Å²) < 4.78 is 6.16. The summed E-state index contributed by atoms with van der Waals surface area (Å²) in [6.07, 6.45) is 10.4. The van der Waals surface area contributed by atoms with Gasteiger partial charge in [0.15, 0.2) is 0 Å². The van der Waals surface area contributed by atoms with Crippen molar-refractivity contribution in [2.45, 2.75) is 31.5 Å². The van der Waals surface area contributed by atoms with Crippen molar-refractivity contribution in [3.8, 4) is 0 Å². The fourth-order valence-electron chi connectivity index (χ4n) is 3.39. The fourth-order valence-corrected chi connectivity index (χ4v) is 3.39. The molecule has 0 saturated carbocycles. The molecular weight excluding hydrogens is 238 g/mol. The lowest BCUT2D eigenvalue weighted by Gasteiger charge is -2.33. The second-order valence-corrected chi connectivity index (χ2v) is 5.80. The molecule has 4 unspecified atom stereocenters. The van der Waals surface area contributed by atoms with Crippen LogP contribution >= 0.6 is 0 Å². The van der Waals surface area contributed by atoms with E-state index in [9.17, 15) is 0 Å². The van der Waals surface area contributed by atoms with E-state index in [-0.39, 0.29) is 0 Å². The number of fused-ring (bicyclic) bond motifs is 3. The molecule has 2 fully saturated rings. The van der Waals surface area contributed by atoms with E-state index in [1.54, 1.807) is 0 Å². The Hall–Kier alpha value is -0.680. The highest BCUT2D eigenvalue weighted by Crippen LogP contribution is 2.32. The normalized spacial score (nSPS) is 38.3. The Morgan fingerprint density at radius 3 is 3.05 bits per heavy atom. The standard InChI is InChI=1S/C15H25N3O/c1-3-17(2)11-14-15-12-7-4-5-8-13(12)16-18(15)9-6-10-19-14/h4-5,7-8,12-16H,3,6,9-11H2,1-2H3. The van der Waals surface area contributed by atoms with Crippen LogP contribution in [0.25, 0.3) is 0 Å². The number of nitrogens with zero attached hydrogens (tertiary/aromatic N) is 2. The summed E-state index contributed by atoms with van der Waals surface area (Å²) in [4.78, 5) is 2.35. The first-order valence-corrected chi connectivity index (χ1v) is 7.47. The summed E-state index contributed by atoms with van der Waals surface area (Å²) in [5.74, 6) is 0.540. The average Bonchev–Trinajstić information content (AvgIpc) is 2.69. The Kier molecular flexibility index (Phi) is 4.03. The summed E-state index contributed by atoms with van der Waals surface area (Å²) in [6.45, 7) is 6.26. The SMILES string of the molecule is CCN(C)CC1OCCCN2NC3C=CC=CC3C12. The second kappa shape index (κ2) is 5.75. The van der Waals surface area contributed by atoms with Gasteiger partial charge < -0.3 is 9.64 Å². The minimum atomic E-state index is 0.297. The van der Waals surface area contributed by atoms with E-state index in [4.69, 9.17) is 4.74 Å². The number of hydrogen-bond donors (Lipinski definition) is 1. The number of hydrazine groups is 1. The van der Waals surface area contributed by atoms with Gasteiger partial charge in [-0.15, -0.1) is 0 Å². The zero-order valence-electron chi connectivity index (χ0n) is 12.0. The van der Waals surface area contributed by atoms with Crippen LogP contribution in [-0.2, 0) is 4.74 Å². The van der Waals surface area contributed by atoms with Crippen molar-refractivity contribution >= 4 is 0 Å². The van der Waals surface area contributed by atoms with Gasteiger partial charge in [-0.3, -0.25) is 0 Å². The van der Waals surface area contributed by atoms with Gasteiger partial charge in [-0.05, 0) is 20.0 Å². The third kappa shape index (κ3) is 2.63. The van der Waals surface area contributed by atoms with Crippen molar-refractivity contribution in [1.82, 2.24) is 15.3 Å². The molecule has 2 aliphatic heterocycles. The first-order valence-electron chi connectivity index (χ1n) is 7.47. The molecule has 1 aliphatic carbocycles. The van der Waals surface area contributed by atoms with E-state index in [1.807, 2.05) is 0 Å². The molecule has 1 N–H and O–H groups in total. The lowest BCUT2D eigenvalue weighted by Crippen LogP contribution is -2.48. The molecule has 4 nitrogen and oxygen atoms in total. The highest BCUT2D eigenvalue weighted by Gasteiger charge is 2.45. The number of hydrogen-bond acceptors (Lipinski definition) is 4. The van der Waals surface area contributed by atoms with Gasteiger partial charge in [0.2, 0.25) is 0 Å². The first-order chi connectivity index (χ1) is 9.29. The molecule has 3 aliphatic rings. The van der Waals surface area contributed by atoms with Gasteiger partial charge in [-0.1, -0.05) is 31.2 Å². The van der Waals surface area contributed by atoms with Gasteiger partial charge in [0.25, 0.3) is 0 Å². The van der Waals surface area contributed by atoms with Gasteiger partial charge in [0.1, 0.15) is 0 Å². The van der Waals surface area contributed by atoms with Crippen LogP contribution in [-0.4, -0.2) is 61.4 Å². The molecule has 19 heavy (non-hydrogen) atoms. The predicted molar refractivity (Wildman–Crippen MR) is 76.7 cm³/mol. The molecule has 0 aromatic carbocycles. The quantitative estimate of drug-likeness (QED) is 0.823.